The van der Waals surface area contributed by atoms with E-state index in [1.165, 1.54) is 0 Å². The maximum absolute atomic E-state index is 12.4. The van der Waals surface area contributed by atoms with Crippen molar-refractivity contribution >= 4 is 10.0 Å². The van der Waals surface area contributed by atoms with Crippen LogP contribution in [-0.4, -0.2) is 37.1 Å². The minimum absolute atomic E-state index is 0.0486. The van der Waals surface area contributed by atoms with Gasteiger partial charge in [-0.3, -0.25) is 0 Å². The number of fused-ring (bicyclic) bond motifs is 1. The first kappa shape index (κ1) is 14.0. The minimum atomic E-state index is -3.51. The molecule has 1 aromatic heterocycles. The zero-order chi connectivity index (χ0) is 14.2. The average Bonchev–Trinajstić information content (AvgIpc) is 2.86. The second-order valence-corrected chi connectivity index (χ2v) is 7.50. The van der Waals surface area contributed by atoms with E-state index in [4.69, 9.17) is 0 Å². The smallest absolute Gasteiger partial charge is 0.259 e. The molecule has 20 heavy (non-hydrogen) atoms. The normalized spacial score (nSPS) is 27.2. The van der Waals surface area contributed by atoms with E-state index in [9.17, 15) is 8.42 Å². The van der Waals surface area contributed by atoms with Crippen molar-refractivity contribution in [2.24, 2.45) is 5.92 Å². The molecule has 0 aliphatic carbocycles. The Hall–Kier alpha value is -0.920. The fourth-order valence-corrected chi connectivity index (χ4v) is 4.25. The summed E-state index contributed by atoms with van der Waals surface area (Å²) in [6, 6.07) is -0.0486. The molecular formula is C13H22N4O2S. The number of sulfonamides is 1. The molecule has 0 aromatic carbocycles. The first-order valence-corrected chi connectivity index (χ1v) is 8.84. The highest BCUT2D eigenvalue weighted by Crippen LogP contribution is 2.19. The summed E-state index contributed by atoms with van der Waals surface area (Å²) in [7, 11) is -3.51. The summed E-state index contributed by atoms with van der Waals surface area (Å²) >= 11 is 0. The number of hydrogen-bond donors (Lipinski definition) is 2. The molecular weight excluding hydrogens is 276 g/mol. The maximum atomic E-state index is 12.4. The molecule has 1 aromatic rings. The highest BCUT2D eigenvalue weighted by Gasteiger charge is 2.29. The van der Waals surface area contributed by atoms with E-state index in [1.54, 1.807) is 6.20 Å². The van der Waals surface area contributed by atoms with Gasteiger partial charge in [-0.15, -0.1) is 0 Å². The zero-order valence-electron chi connectivity index (χ0n) is 11.8. The van der Waals surface area contributed by atoms with Crippen molar-refractivity contribution in [1.29, 1.82) is 0 Å². The molecule has 7 heteroatoms. The number of hydrogen-bond acceptors (Lipinski definition) is 4. The maximum Gasteiger partial charge on any atom is 0.259 e. The van der Waals surface area contributed by atoms with Crippen molar-refractivity contribution in [2.75, 3.05) is 13.1 Å². The number of nitrogens with zero attached hydrogens (tertiary/aromatic N) is 2. The topological polar surface area (TPSA) is 76.0 Å². The number of nitrogens with one attached hydrogen (secondary N) is 2. The molecule has 2 unspecified atom stereocenters. The third-order valence-corrected chi connectivity index (χ3v) is 5.66. The summed E-state index contributed by atoms with van der Waals surface area (Å²) < 4.78 is 29.7. The van der Waals surface area contributed by atoms with Gasteiger partial charge >= 0.3 is 0 Å². The molecule has 6 nitrogen and oxygen atoms in total. The fourth-order valence-electron chi connectivity index (χ4n) is 2.92. The van der Waals surface area contributed by atoms with Crippen LogP contribution in [0.25, 0.3) is 0 Å². The summed E-state index contributed by atoms with van der Waals surface area (Å²) in [5.41, 5.74) is 0. The van der Waals surface area contributed by atoms with Crippen LogP contribution in [0, 0.1) is 5.92 Å². The lowest BCUT2D eigenvalue weighted by atomic mass is 9.96. The minimum Gasteiger partial charge on any atom is -0.333 e. The van der Waals surface area contributed by atoms with Crippen LogP contribution >= 0.6 is 0 Å². The molecule has 3 rings (SSSR count). The number of imidazole rings is 1. The number of piperidine rings is 1. The van der Waals surface area contributed by atoms with Gasteiger partial charge in [-0.25, -0.2) is 18.1 Å². The Labute approximate surface area is 120 Å². The van der Waals surface area contributed by atoms with E-state index in [0.29, 0.717) is 12.5 Å². The zero-order valence-corrected chi connectivity index (χ0v) is 12.6. The molecule has 1 saturated heterocycles. The summed E-state index contributed by atoms with van der Waals surface area (Å²) in [6.45, 7) is 4.61. The Balaban J connectivity index is 1.79. The lowest BCUT2D eigenvalue weighted by molar-refractivity contribution is 0.327. The van der Waals surface area contributed by atoms with Gasteiger partial charge in [0.2, 0.25) is 0 Å². The SMILES string of the molecule is CC1CCNCC1NS(=O)(=O)c1cn2c(n1)CCCC2. The first-order valence-electron chi connectivity index (χ1n) is 7.35. The van der Waals surface area contributed by atoms with Crippen LogP contribution < -0.4 is 10.0 Å². The molecule has 0 spiro atoms. The van der Waals surface area contributed by atoms with E-state index >= 15 is 0 Å². The van der Waals surface area contributed by atoms with Crippen LogP contribution in [0.1, 0.15) is 32.0 Å². The van der Waals surface area contributed by atoms with Gasteiger partial charge in [0.25, 0.3) is 10.0 Å². The first-order chi connectivity index (χ1) is 9.56. The lowest BCUT2D eigenvalue weighted by Crippen LogP contribution is -2.50. The van der Waals surface area contributed by atoms with Gasteiger partial charge in [-0.05, 0) is 31.7 Å². The molecule has 0 bridgehead atoms. The predicted octanol–water partition coefficient (Wildman–Crippen LogP) is 0.496. The van der Waals surface area contributed by atoms with Gasteiger partial charge in [-0.1, -0.05) is 6.92 Å². The molecule has 2 N–H and O–H groups in total. The molecule has 0 radical (unpaired) electrons. The molecule has 0 amide bonds. The van der Waals surface area contributed by atoms with Crippen LogP contribution in [0.4, 0.5) is 0 Å². The van der Waals surface area contributed by atoms with Crippen molar-refractivity contribution in [3.63, 3.8) is 0 Å². The average molecular weight is 298 g/mol. The monoisotopic (exact) mass is 298 g/mol. The standard InChI is InChI=1S/C13H22N4O2S/c1-10-5-6-14-8-11(10)16-20(18,19)13-9-17-7-3-2-4-12(17)15-13/h9-11,14,16H,2-8H2,1H3. The van der Waals surface area contributed by atoms with Crippen molar-refractivity contribution in [1.82, 2.24) is 19.6 Å². The quantitative estimate of drug-likeness (QED) is 0.852. The molecule has 2 atom stereocenters. The Morgan fingerprint density at radius 1 is 1.45 bits per heavy atom. The summed E-state index contributed by atoms with van der Waals surface area (Å²) in [6.07, 6.45) is 5.73. The van der Waals surface area contributed by atoms with Crippen LogP contribution in [0.15, 0.2) is 11.2 Å². The Morgan fingerprint density at radius 2 is 2.30 bits per heavy atom. The van der Waals surface area contributed by atoms with E-state index < -0.39 is 10.0 Å². The predicted molar refractivity (Wildman–Crippen MR) is 75.9 cm³/mol. The van der Waals surface area contributed by atoms with Crippen LogP contribution in [0.5, 0.6) is 0 Å². The highest BCUT2D eigenvalue weighted by molar-refractivity contribution is 7.89. The van der Waals surface area contributed by atoms with Gasteiger partial charge in [0.05, 0.1) is 0 Å². The van der Waals surface area contributed by atoms with E-state index in [2.05, 4.69) is 21.9 Å². The van der Waals surface area contributed by atoms with Gasteiger partial charge in [0.1, 0.15) is 5.82 Å². The Bertz CT molecular complexity index is 558. The second kappa shape index (κ2) is 5.46. The molecule has 2 aliphatic rings. The molecule has 0 saturated carbocycles. The Kier molecular flexibility index (Phi) is 3.83. The van der Waals surface area contributed by atoms with Gasteiger partial charge in [0.15, 0.2) is 5.03 Å². The molecule has 2 aliphatic heterocycles. The second-order valence-electron chi connectivity index (χ2n) is 5.84. The number of rotatable bonds is 3. The fraction of sp³-hybridized carbons (Fsp3) is 0.769. The summed E-state index contributed by atoms with van der Waals surface area (Å²) in [4.78, 5) is 4.31. The van der Waals surface area contributed by atoms with E-state index in [0.717, 1.165) is 44.6 Å². The highest BCUT2D eigenvalue weighted by atomic mass is 32.2. The molecule has 1 fully saturated rings. The van der Waals surface area contributed by atoms with Crippen molar-refractivity contribution < 1.29 is 8.42 Å². The van der Waals surface area contributed by atoms with Gasteiger partial charge in [-0.2, -0.15) is 0 Å². The summed E-state index contributed by atoms with van der Waals surface area (Å²) in [5, 5.41) is 3.41. The van der Waals surface area contributed by atoms with Crippen molar-refractivity contribution in [2.45, 2.75) is 50.2 Å². The molecule has 112 valence electrons. The van der Waals surface area contributed by atoms with Crippen LogP contribution in [0.2, 0.25) is 0 Å². The van der Waals surface area contributed by atoms with Crippen molar-refractivity contribution in [3.8, 4) is 0 Å². The Morgan fingerprint density at radius 3 is 3.05 bits per heavy atom. The van der Waals surface area contributed by atoms with Crippen LogP contribution in [0.3, 0.4) is 0 Å². The lowest BCUT2D eigenvalue weighted by Gasteiger charge is -2.29. The van der Waals surface area contributed by atoms with Crippen LogP contribution in [-0.2, 0) is 23.0 Å². The van der Waals surface area contributed by atoms with Gasteiger partial charge in [0, 0.05) is 31.7 Å². The third-order valence-electron chi connectivity index (χ3n) is 4.30. The largest absolute Gasteiger partial charge is 0.333 e. The van der Waals surface area contributed by atoms with Gasteiger partial charge < -0.3 is 9.88 Å². The van der Waals surface area contributed by atoms with Crippen molar-refractivity contribution in [3.05, 3.63) is 12.0 Å². The van der Waals surface area contributed by atoms with E-state index in [1.807, 2.05) is 4.57 Å². The number of aryl methyl sites for hydroxylation is 2. The number of aromatic nitrogens is 2. The van der Waals surface area contributed by atoms with E-state index in [-0.39, 0.29) is 11.1 Å². The third kappa shape index (κ3) is 2.75. The molecule has 3 heterocycles. The summed E-state index contributed by atoms with van der Waals surface area (Å²) in [5.74, 6) is 1.25.